The lowest BCUT2D eigenvalue weighted by atomic mass is 10.1. The lowest BCUT2D eigenvalue weighted by Crippen LogP contribution is -2.53. The maximum Gasteiger partial charge on any atom is 0.243 e. The zero-order valence-electron chi connectivity index (χ0n) is 18.5. The summed E-state index contributed by atoms with van der Waals surface area (Å²) in [6, 6.07) is 12.9. The Labute approximate surface area is 193 Å². The number of thioether (sulfide) groups is 1. The second kappa shape index (κ2) is 11.5. The van der Waals surface area contributed by atoms with Crippen molar-refractivity contribution in [1.29, 1.82) is 0 Å². The van der Waals surface area contributed by atoms with Crippen molar-refractivity contribution in [1.82, 2.24) is 10.2 Å². The maximum atomic E-state index is 13.3. The van der Waals surface area contributed by atoms with Crippen molar-refractivity contribution in [2.24, 2.45) is 0 Å². The molecule has 0 bridgehead atoms. The van der Waals surface area contributed by atoms with Crippen molar-refractivity contribution >= 4 is 35.2 Å². The molecule has 0 aromatic heterocycles. The van der Waals surface area contributed by atoms with E-state index in [2.05, 4.69) is 5.32 Å². The Hall–Kier alpha value is -2.05. The summed E-state index contributed by atoms with van der Waals surface area (Å²) in [5.41, 5.74) is 0.376. The third-order valence-corrected chi connectivity index (χ3v) is 5.81. The van der Waals surface area contributed by atoms with Gasteiger partial charge in [0.15, 0.2) is 0 Å². The minimum absolute atomic E-state index is 0.110. The van der Waals surface area contributed by atoms with E-state index in [0.29, 0.717) is 17.2 Å². The monoisotopic (exact) mass is 464 g/mol. The molecule has 2 aromatic carbocycles. The topological polar surface area (TPSA) is 49.4 Å². The van der Waals surface area contributed by atoms with Gasteiger partial charge < -0.3 is 10.2 Å². The van der Waals surface area contributed by atoms with Crippen LogP contribution in [-0.2, 0) is 16.1 Å². The number of amides is 2. The molecule has 0 aliphatic rings. The summed E-state index contributed by atoms with van der Waals surface area (Å²) in [5, 5.41) is 3.65. The summed E-state index contributed by atoms with van der Waals surface area (Å²) in [6.45, 7) is 7.87. The molecular formula is C24H30ClFN2O2S. The molecule has 2 rings (SSSR count). The van der Waals surface area contributed by atoms with Gasteiger partial charge in [0.25, 0.3) is 0 Å². The van der Waals surface area contributed by atoms with Gasteiger partial charge in [-0.3, -0.25) is 9.59 Å². The zero-order chi connectivity index (χ0) is 23.0. The Morgan fingerprint density at radius 3 is 2.26 bits per heavy atom. The summed E-state index contributed by atoms with van der Waals surface area (Å²) in [7, 11) is 0. The smallest absolute Gasteiger partial charge is 0.243 e. The van der Waals surface area contributed by atoms with E-state index in [4.69, 9.17) is 11.6 Å². The van der Waals surface area contributed by atoms with E-state index in [0.717, 1.165) is 10.5 Å². The number of halogens is 2. The Morgan fingerprint density at radius 2 is 1.71 bits per heavy atom. The molecule has 0 aliphatic heterocycles. The maximum absolute atomic E-state index is 13.3. The van der Waals surface area contributed by atoms with E-state index in [1.54, 1.807) is 28.8 Å². The number of carbonyl (C=O) groups excluding carboxylic acids is 2. The van der Waals surface area contributed by atoms with Crippen LogP contribution in [0.3, 0.4) is 0 Å². The van der Waals surface area contributed by atoms with Crippen LogP contribution in [0.1, 0.15) is 46.1 Å². The van der Waals surface area contributed by atoms with Crippen LogP contribution < -0.4 is 5.32 Å². The first-order valence-corrected chi connectivity index (χ1v) is 11.7. The highest BCUT2D eigenvalue weighted by Crippen LogP contribution is 2.22. The summed E-state index contributed by atoms with van der Waals surface area (Å²) in [5.74, 6) is -0.0476. The van der Waals surface area contributed by atoms with Crippen LogP contribution in [0, 0.1) is 5.82 Å². The molecule has 2 aromatic rings. The molecule has 0 heterocycles. The third-order valence-electron chi connectivity index (χ3n) is 4.55. The fraction of sp³-hybridized carbons (Fsp3) is 0.417. The number of carbonyl (C=O) groups is 2. The number of benzene rings is 2. The number of rotatable bonds is 9. The second-order valence-electron chi connectivity index (χ2n) is 8.36. The number of hydrogen-bond donors (Lipinski definition) is 1. The van der Waals surface area contributed by atoms with Gasteiger partial charge in [0.1, 0.15) is 11.9 Å². The number of hydrogen-bond acceptors (Lipinski definition) is 3. The minimum Gasteiger partial charge on any atom is -0.350 e. The first kappa shape index (κ1) is 25.2. The van der Waals surface area contributed by atoms with Crippen LogP contribution in [-0.4, -0.2) is 34.0 Å². The molecule has 0 aliphatic carbocycles. The quantitative estimate of drug-likeness (QED) is 0.485. The van der Waals surface area contributed by atoms with Gasteiger partial charge >= 0.3 is 0 Å². The summed E-state index contributed by atoms with van der Waals surface area (Å²) in [4.78, 5) is 28.7. The molecule has 1 N–H and O–H groups in total. The van der Waals surface area contributed by atoms with Crippen LogP contribution in [0.4, 0.5) is 4.39 Å². The average Bonchev–Trinajstić information content (AvgIpc) is 2.69. The largest absolute Gasteiger partial charge is 0.350 e. The van der Waals surface area contributed by atoms with E-state index in [1.165, 1.54) is 12.1 Å². The molecule has 0 saturated heterocycles. The van der Waals surface area contributed by atoms with Crippen molar-refractivity contribution in [2.75, 3.05) is 5.75 Å². The van der Waals surface area contributed by atoms with Crippen molar-refractivity contribution < 1.29 is 14.0 Å². The molecule has 2 amide bonds. The summed E-state index contributed by atoms with van der Waals surface area (Å²) < 4.78 is 13.3. The molecule has 168 valence electrons. The predicted molar refractivity (Wildman–Crippen MR) is 126 cm³/mol. The normalized spacial score (nSPS) is 12.3. The highest BCUT2D eigenvalue weighted by atomic mass is 35.5. The molecule has 31 heavy (non-hydrogen) atoms. The fourth-order valence-electron chi connectivity index (χ4n) is 3.09. The first-order valence-electron chi connectivity index (χ1n) is 10.3. The van der Waals surface area contributed by atoms with Crippen LogP contribution in [0.25, 0.3) is 0 Å². The van der Waals surface area contributed by atoms with E-state index in [9.17, 15) is 14.0 Å². The molecule has 4 nitrogen and oxygen atoms in total. The fourth-order valence-corrected chi connectivity index (χ4v) is 4.06. The Kier molecular flexibility index (Phi) is 9.38. The van der Waals surface area contributed by atoms with Gasteiger partial charge in [0.05, 0.1) is 0 Å². The van der Waals surface area contributed by atoms with Gasteiger partial charge in [-0.25, -0.2) is 4.39 Å². The molecule has 0 spiro atoms. The van der Waals surface area contributed by atoms with Gasteiger partial charge in [0.2, 0.25) is 11.8 Å². The van der Waals surface area contributed by atoms with Crippen LogP contribution in [0.5, 0.6) is 0 Å². The molecule has 1 atom stereocenters. The molecule has 0 fully saturated rings. The van der Waals surface area contributed by atoms with Crippen molar-refractivity contribution in [3.63, 3.8) is 0 Å². The number of nitrogens with zero attached hydrogens (tertiary/aromatic N) is 1. The Morgan fingerprint density at radius 1 is 1.10 bits per heavy atom. The van der Waals surface area contributed by atoms with Gasteiger partial charge in [-0.2, -0.15) is 0 Å². The lowest BCUT2D eigenvalue weighted by molar-refractivity contribution is -0.141. The third kappa shape index (κ3) is 8.54. The van der Waals surface area contributed by atoms with E-state index >= 15 is 0 Å². The average molecular weight is 465 g/mol. The van der Waals surface area contributed by atoms with Gasteiger partial charge in [0, 0.05) is 34.2 Å². The van der Waals surface area contributed by atoms with E-state index in [1.807, 2.05) is 52.0 Å². The summed E-state index contributed by atoms with van der Waals surface area (Å²) in [6.07, 6.45) is 0.771. The highest BCUT2D eigenvalue weighted by Gasteiger charge is 2.30. The van der Waals surface area contributed by atoms with E-state index in [-0.39, 0.29) is 30.6 Å². The molecule has 0 radical (unpaired) electrons. The SMILES string of the molecule is CC[C@H](C(=O)NC(C)(C)C)N(Cc1ccc(F)cc1)C(=O)CCSc1ccc(Cl)cc1. The van der Waals surface area contributed by atoms with E-state index < -0.39 is 11.6 Å². The van der Waals surface area contributed by atoms with Crippen LogP contribution in [0.15, 0.2) is 53.4 Å². The minimum atomic E-state index is -0.600. The molecular weight excluding hydrogens is 435 g/mol. The van der Waals surface area contributed by atoms with Crippen LogP contribution >= 0.6 is 23.4 Å². The summed E-state index contributed by atoms with van der Waals surface area (Å²) >= 11 is 7.48. The second-order valence-corrected chi connectivity index (χ2v) is 9.97. The molecule has 0 saturated carbocycles. The lowest BCUT2D eigenvalue weighted by Gasteiger charge is -2.33. The van der Waals surface area contributed by atoms with Crippen molar-refractivity contribution in [3.8, 4) is 0 Å². The van der Waals surface area contributed by atoms with Gasteiger partial charge in [-0.05, 0) is 69.2 Å². The van der Waals surface area contributed by atoms with Gasteiger partial charge in [-0.1, -0.05) is 30.7 Å². The highest BCUT2D eigenvalue weighted by molar-refractivity contribution is 7.99. The molecule has 7 heteroatoms. The Bertz CT molecular complexity index is 867. The predicted octanol–water partition coefficient (Wildman–Crippen LogP) is 5.68. The molecule has 0 unspecified atom stereocenters. The van der Waals surface area contributed by atoms with Crippen molar-refractivity contribution in [3.05, 3.63) is 64.9 Å². The standard InChI is InChI=1S/C24H30ClFN2O2S/c1-5-21(23(30)27-24(2,3)4)28(16-17-6-10-19(26)11-7-17)22(29)14-15-31-20-12-8-18(25)9-13-20/h6-13,21H,5,14-16H2,1-4H3,(H,27,30)/t21-/m1/s1. The van der Waals surface area contributed by atoms with Crippen LogP contribution in [0.2, 0.25) is 5.02 Å². The first-order chi connectivity index (χ1) is 14.6. The zero-order valence-corrected chi connectivity index (χ0v) is 20.0. The number of nitrogens with one attached hydrogen (secondary N) is 1. The van der Waals surface area contributed by atoms with Crippen molar-refractivity contribution in [2.45, 2.75) is 63.6 Å². The Balaban J connectivity index is 2.14. The van der Waals surface area contributed by atoms with Gasteiger partial charge in [-0.15, -0.1) is 11.8 Å².